The SMILES string of the molecule is CC1=CC=CC(C)(O)C1C(F)(F)F. The molecule has 0 radical (unpaired) electrons. The van der Waals surface area contributed by atoms with E-state index in [0.29, 0.717) is 0 Å². The van der Waals surface area contributed by atoms with Crippen LogP contribution in [0.2, 0.25) is 0 Å². The molecule has 13 heavy (non-hydrogen) atoms. The monoisotopic (exact) mass is 192 g/mol. The molecule has 0 bridgehead atoms. The molecule has 1 rings (SSSR count). The van der Waals surface area contributed by atoms with Crippen LogP contribution in [0, 0.1) is 5.92 Å². The number of aliphatic hydroxyl groups is 1. The van der Waals surface area contributed by atoms with Gasteiger partial charge in [0.15, 0.2) is 0 Å². The molecule has 0 aromatic rings. The lowest BCUT2D eigenvalue weighted by molar-refractivity contribution is -0.200. The summed E-state index contributed by atoms with van der Waals surface area (Å²) in [5.41, 5.74) is -1.68. The third kappa shape index (κ3) is 1.94. The van der Waals surface area contributed by atoms with Gasteiger partial charge >= 0.3 is 6.18 Å². The maximum absolute atomic E-state index is 12.5. The van der Waals surface area contributed by atoms with Crippen molar-refractivity contribution in [2.75, 3.05) is 0 Å². The average molecular weight is 192 g/mol. The zero-order chi connectivity index (χ0) is 10.3. The molecular formula is C9H11F3O. The van der Waals surface area contributed by atoms with E-state index >= 15 is 0 Å². The van der Waals surface area contributed by atoms with Crippen LogP contribution in [0.1, 0.15) is 13.8 Å². The maximum Gasteiger partial charge on any atom is 0.398 e. The lowest BCUT2D eigenvalue weighted by Gasteiger charge is -2.34. The molecule has 2 atom stereocenters. The van der Waals surface area contributed by atoms with Crippen molar-refractivity contribution in [2.45, 2.75) is 25.6 Å². The Morgan fingerprint density at radius 3 is 2.31 bits per heavy atom. The first kappa shape index (κ1) is 10.3. The number of hydrogen-bond acceptors (Lipinski definition) is 1. The Morgan fingerprint density at radius 1 is 1.46 bits per heavy atom. The Morgan fingerprint density at radius 2 is 2.00 bits per heavy atom. The van der Waals surface area contributed by atoms with Crippen LogP contribution in [0.4, 0.5) is 13.2 Å². The van der Waals surface area contributed by atoms with Gasteiger partial charge in [0.2, 0.25) is 0 Å². The molecule has 0 saturated heterocycles. The predicted octanol–water partition coefficient (Wildman–Crippen LogP) is 2.43. The Balaban J connectivity index is 3.07. The fraction of sp³-hybridized carbons (Fsp3) is 0.556. The maximum atomic E-state index is 12.5. The van der Waals surface area contributed by atoms with E-state index in [4.69, 9.17) is 0 Å². The average Bonchev–Trinajstić information content (AvgIpc) is 1.79. The molecule has 0 spiro atoms. The Labute approximate surface area is 74.6 Å². The van der Waals surface area contributed by atoms with Gasteiger partial charge in [0.05, 0.1) is 5.60 Å². The molecule has 4 heteroatoms. The molecule has 0 saturated carbocycles. The van der Waals surface area contributed by atoms with Gasteiger partial charge < -0.3 is 5.11 Å². The predicted molar refractivity (Wildman–Crippen MR) is 43.1 cm³/mol. The number of allylic oxidation sites excluding steroid dienone is 2. The van der Waals surface area contributed by atoms with Gasteiger partial charge in [-0.15, -0.1) is 0 Å². The highest BCUT2D eigenvalue weighted by Gasteiger charge is 2.50. The van der Waals surface area contributed by atoms with Crippen molar-refractivity contribution in [3.8, 4) is 0 Å². The van der Waals surface area contributed by atoms with Crippen molar-refractivity contribution in [3.63, 3.8) is 0 Å². The summed E-state index contributed by atoms with van der Waals surface area (Å²) in [6, 6.07) is 0. The van der Waals surface area contributed by atoms with Crippen LogP contribution in [0.5, 0.6) is 0 Å². The summed E-state index contributed by atoms with van der Waals surface area (Å²) < 4.78 is 37.4. The van der Waals surface area contributed by atoms with Crippen molar-refractivity contribution in [1.29, 1.82) is 0 Å². The summed E-state index contributed by atoms with van der Waals surface area (Å²) in [7, 11) is 0. The third-order valence-corrected chi connectivity index (χ3v) is 2.16. The third-order valence-electron chi connectivity index (χ3n) is 2.16. The number of rotatable bonds is 0. The van der Waals surface area contributed by atoms with Crippen LogP contribution in [0.15, 0.2) is 23.8 Å². The summed E-state index contributed by atoms with van der Waals surface area (Å²) in [4.78, 5) is 0. The summed E-state index contributed by atoms with van der Waals surface area (Å²) in [5, 5.41) is 9.49. The summed E-state index contributed by atoms with van der Waals surface area (Å²) in [5.74, 6) is -1.79. The molecule has 0 aromatic heterocycles. The fourth-order valence-electron chi connectivity index (χ4n) is 1.64. The minimum Gasteiger partial charge on any atom is -0.385 e. The fourth-order valence-corrected chi connectivity index (χ4v) is 1.64. The normalized spacial score (nSPS) is 34.6. The minimum atomic E-state index is -4.39. The second kappa shape index (κ2) is 2.87. The number of halogens is 3. The number of alkyl halides is 3. The standard InChI is InChI=1S/C9H11F3O/c1-6-4-3-5-8(2,13)7(6)9(10,11)12/h3-5,7,13H,1-2H3. The van der Waals surface area contributed by atoms with Crippen molar-refractivity contribution >= 4 is 0 Å². The zero-order valence-electron chi connectivity index (χ0n) is 7.39. The molecule has 0 fully saturated rings. The van der Waals surface area contributed by atoms with Crippen molar-refractivity contribution in [1.82, 2.24) is 0 Å². The van der Waals surface area contributed by atoms with E-state index in [9.17, 15) is 18.3 Å². The molecule has 2 unspecified atom stereocenters. The van der Waals surface area contributed by atoms with Crippen LogP contribution in [0.25, 0.3) is 0 Å². The largest absolute Gasteiger partial charge is 0.398 e. The van der Waals surface area contributed by atoms with Crippen LogP contribution in [-0.2, 0) is 0 Å². The topological polar surface area (TPSA) is 20.2 Å². The van der Waals surface area contributed by atoms with Crippen LogP contribution in [0.3, 0.4) is 0 Å². The van der Waals surface area contributed by atoms with E-state index < -0.39 is 17.7 Å². The molecule has 0 heterocycles. The summed E-state index contributed by atoms with van der Waals surface area (Å²) in [6.07, 6.45) is -0.416. The van der Waals surface area contributed by atoms with E-state index in [-0.39, 0.29) is 5.57 Å². The van der Waals surface area contributed by atoms with Gasteiger partial charge in [0, 0.05) is 0 Å². The second-order valence-corrected chi connectivity index (χ2v) is 3.47. The quantitative estimate of drug-likeness (QED) is 0.625. The molecular weight excluding hydrogens is 181 g/mol. The molecule has 74 valence electrons. The molecule has 0 aromatic carbocycles. The smallest absolute Gasteiger partial charge is 0.385 e. The minimum absolute atomic E-state index is 0.139. The highest BCUT2D eigenvalue weighted by molar-refractivity contribution is 5.28. The first-order valence-corrected chi connectivity index (χ1v) is 3.90. The molecule has 1 aliphatic carbocycles. The first-order chi connectivity index (χ1) is 5.75. The molecule has 1 N–H and O–H groups in total. The molecule has 0 aliphatic heterocycles. The lowest BCUT2D eigenvalue weighted by Crippen LogP contribution is -2.44. The van der Waals surface area contributed by atoms with Crippen LogP contribution in [-0.4, -0.2) is 16.9 Å². The van der Waals surface area contributed by atoms with Crippen molar-refractivity contribution in [2.24, 2.45) is 5.92 Å². The molecule has 1 aliphatic rings. The van der Waals surface area contributed by atoms with E-state index in [0.717, 1.165) is 13.0 Å². The second-order valence-electron chi connectivity index (χ2n) is 3.47. The number of hydrogen-bond donors (Lipinski definition) is 1. The summed E-state index contributed by atoms with van der Waals surface area (Å²) in [6.45, 7) is 2.54. The molecule has 1 nitrogen and oxygen atoms in total. The van der Waals surface area contributed by atoms with E-state index in [1.54, 1.807) is 0 Å². The summed E-state index contributed by atoms with van der Waals surface area (Å²) >= 11 is 0. The van der Waals surface area contributed by atoms with Gasteiger partial charge in [-0.2, -0.15) is 13.2 Å². The van der Waals surface area contributed by atoms with Gasteiger partial charge in [0.1, 0.15) is 5.92 Å². The van der Waals surface area contributed by atoms with Gasteiger partial charge in [-0.25, -0.2) is 0 Å². The van der Waals surface area contributed by atoms with E-state index in [1.165, 1.54) is 19.1 Å². The van der Waals surface area contributed by atoms with Crippen molar-refractivity contribution < 1.29 is 18.3 Å². The Kier molecular flexibility index (Phi) is 2.28. The molecule has 0 amide bonds. The van der Waals surface area contributed by atoms with Gasteiger partial charge in [-0.1, -0.05) is 23.8 Å². The van der Waals surface area contributed by atoms with E-state index in [1.807, 2.05) is 0 Å². The highest BCUT2D eigenvalue weighted by Crippen LogP contribution is 2.41. The van der Waals surface area contributed by atoms with Gasteiger partial charge in [-0.05, 0) is 13.8 Å². The van der Waals surface area contributed by atoms with Gasteiger partial charge in [0.25, 0.3) is 0 Å². The van der Waals surface area contributed by atoms with Crippen molar-refractivity contribution in [3.05, 3.63) is 23.8 Å². The van der Waals surface area contributed by atoms with Gasteiger partial charge in [-0.3, -0.25) is 0 Å². The van der Waals surface area contributed by atoms with E-state index in [2.05, 4.69) is 0 Å². The van der Waals surface area contributed by atoms with Crippen LogP contribution < -0.4 is 0 Å². The van der Waals surface area contributed by atoms with Crippen LogP contribution >= 0.6 is 0 Å². The highest BCUT2D eigenvalue weighted by atomic mass is 19.4. The lowest BCUT2D eigenvalue weighted by atomic mass is 9.80. The Bertz CT molecular complexity index is 261. The zero-order valence-corrected chi connectivity index (χ0v) is 7.39. The first-order valence-electron chi connectivity index (χ1n) is 3.90. The Hall–Kier alpha value is -0.770.